The molecule has 0 atom stereocenters. The van der Waals surface area contributed by atoms with E-state index in [2.05, 4.69) is 22.7 Å². The van der Waals surface area contributed by atoms with Crippen LogP contribution in [0.2, 0.25) is 0 Å². The minimum atomic E-state index is 0.819. The Morgan fingerprint density at radius 2 is 2.58 bits per heavy atom. The molecule has 0 saturated carbocycles. The lowest BCUT2D eigenvalue weighted by Gasteiger charge is -2.03. The van der Waals surface area contributed by atoms with Crippen LogP contribution in [0, 0.1) is 0 Å². The standard InChI is InChI=1S/C9H14N3/c1-2-6-11-8-9-5-3-4-7-12(9)10-11/h2,8H,1,3-7H2/q+1. The van der Waals surface area contributed by atoms with Crippen LogP contribution < -0.4 is 4.68 Å². The number of rotatable bonds is 2. The van der Waals surface area contributed by atoms with Gasteiger partial charge >= 0.3 is 0 Å². The van der Waals surface area contributed by atoms with Crippen LogP contribution in [0.5, 0.6) is 0 Å². The maximum absolute atomic E-state index is 4.40. The number of aryl methyl sites for hydroxylation is 2. The Labute approximate surface area is 72.3 Å². The molecule has 1 aliphatic heterocycles. The molecule has 1 aromatic rings. The molecule has 12 heavy (non-hydrogen) atoms. The first-order valence-electron chi connectivity index (χ1n) is 4.47. The molecule has 0 aliphatic carbocycles. The molecule has 0 unspecified atom stereocenters. The topological polar surface area (TPSA) is 21.7 Å². The van der Waals surface area contributed by atoms with Crippen LogP contribution >= 0.6 is 0 Å². The van der Waals surface area contributed by atoms with Gasteiger partial charge in [-0.1, -0.05) is 6.58 Å². The fraction of sp³-hybridized carbons (Fsp3) is 0.556. The van der Waals surface area contributed by atoms with Crippen LogP contribution in [-0.2, 0) is 19.5 Å². The summed E-state index contributed by atoms with van der Waals surface area (Å²) < 4.78 is 4.06. The number of fused-ring (bicyclic) bond motifs is 1. The molecular weight excluding hydrogens is 150 g/mol. The Bertz CT molecular complexity index is 264. The fourth-order valence-electron chi connectivity index (χ4n) is 1.63. The maximum Gasteiger partial charge on any atom is 0.167 e. The largest absolute Gasteiger partial charge is 0.167 e. The average molecular weight is 164 g/mol. The molecule has 0 amide bonds. The third-order valence-electron chi connectivity index (χ3n) is 2.22. The number of nitrogens with zero attached hydrogens (tertiary/aromatic N) is 3. The van der Waals surface area contributed by atoms with Crippen LogP contribution in [0.4, 0.5) is 0 Å². The lowest BCUT2D eigenvalue weighted by Crippen LogP contribution is -2.35. The molecule has 0 spiro atoms. The lowest BCUT2D eigenvalue weighted by atomic mass is 10.1. The van der Waals surface area contributed by atoms with Crippen molar-refractivity contribution in [1.82, 2.24) is 9.90 Å². The van der Waals surface area contributed by atoms with Gasteiger partial charge in [0.1, 0.15) is 13.1 Å². The molecule has 2 heterocycles. The van der Waals surface area contributed by atoms with Gasteiger partial charge in [-0.15, -0.1) is 9.36 Å². The van der Waals surface area contributed by atoms with E-state index >= 15 is 0 Å². The fourth-order valence-corrected chi connectivity index (χ4v) is 1.63. The average Bonchev–Trinajstić information content (AvgIpc) is 2.47. The minimum Gasteiger partial charge on any atom is -0.134 e. The van der Waals surface area contributed by atoms with Crippen molar-refractivity contribution in [2.45, 2.75) is 32.4 Å². The minimum absolute atomic E-state index is 0.819. The zero-order valence-electron chi connectivity index (χ0n) is 7.24. The summed E-state index contributed by atoms with van der Waals surface area (Å²) >= 11 is 0. The van der Waals surface area contributed by atoms with Crippen LogP contribution in [0.25, 0.3) is 0 Å². The van der Waals surface area contributed by atoms with E-state index < -0.39 is 0 Å². The highest BCUT2D eigenvalue weighted by Crippen LogP contribution is 2.10. The zero-order valence-corrected chi connectivity index (χ0v) is 7.24. The van der Waals surface area contributed by atoms with Gasteiger partial charge in [0.2, 0.25) is 0 Å². The number of aromatic nitrogens is 3. The van der Waals surface area contributed by atoms with Gasteiger partial charge in [0.25, 0.3) is 0 Å². The van der Waals surface area contributed by atoms with Crippen LogP contribution in [0.3, 0.4) is 0 Å². The molecule has 3 heteroatoms. The highest BCUT2D eigenvalue weighted by molar-refractivity contribution is 4.93. The molecule has 0 N–H and O–H groups in total. The van der Waals surface area contributed by atoms with Crippen molar-refractivity contribution in [1.29, 1.82) is 0 Å². The van der Waals surface area contributed by atoms with E-state index in [1.807, 2.05) is 10.8 Å². The predicted molar refractivity (Wildman–Crippen MR) is 45.6 cm³/mol. The van der Waals surface area contributed by atoms with Crippen LogP contribution in [0.1, 0.15) is 18.5 Å². The van der Waals surface area contributed by atoms with Crippen molar-refractivity contribution in [2.24, 2.45) is 0 Å². The number of hydrogen-bond donors (Lipinski definition) is 0. The quantitative estimate of drug-likeness (QED) is 0.465. The van der Waals surface area contributed by atoms with Gasteiger partial charge in [-0.3, -0.25) is 0 Å². The van der Waals surface area contributed by atoms with E-state index in [0.29, 0.717) is 0 Å². The van der Waals surface area contributed by atoms with Crippen molar-refractivity contribution in [3.63, 3.8) is 0 Å². The Morgan fingerprint density at radius 3 is 3.33 bits per heavy atom. The monoisotopic (exact) mass is 164 g/mol. The summed E-state index contributed by atoms with van der Waals surface area (Å²) in [6, 6.07) is 0. The highest BCUT2D eigenvalue weighted by atomic mass is 15.5. The zero-order chi connectivity index (χ0) is 8.39. The molecule has 1 aliphatic rings. The maximum atomic E-state index is 4.40. The van der Waals surface area contributed by atoms with Crippen molar-refractivity contribution >= 4 is 0 Å². The first-order chi connectivity index (χ1) is 5.90. The van der Waals surface area contributed by atoms with E-state index in [1.54, 1.807) is 0 Å². The van der Waals surface area contributed by atoms with E-state index in [-0.39, 0.29) is 0 Å². The predicted octanol–water partition coefficient (Wildman–Crippen LogP) is 0.693. The molecule has 0 radical (unpaired) electrons. The molecular formula is C9H14N3+. The smallest absolute Gasteiger partial charge is 0.134 e. The second kappa shape index (κ2) is 3.09. The van der Waals surface area contributed by atoms with E-state index in [9.17, 15) is 0 Å². The van der Waals surface area contributed by atoms with Gasteiger partial charge in [0.05, 0.1) is 5.21 Å². The first-order valence-corrected chi connectivity index (χ1v) is 4.47. The third-order valence-corrected chi connectivity index (χ3v) is 2.22. The van der Waals surface area contributed by atoms with Gasteiger partial charge in [0, 0.05) is 6.42 Å². The van der Waals surface area contributed by atoms with Crippen LogP contribution in [-0.4, -0.2) is 9.90 Å². The number of hydrogen-bond acceptors (Lipinski definition) is 1. The van der Waals surface area contributed by atoms with Crippen molar-refractivity contribution in [3.8, 4) is 0 Å². The molecule has 0 bridgehead atoms. The van der Waals surface area contributed by atoms with Crippen molar-refractivity contribution in [2.75, 3.05) is 0 Å². The molecule has 0 saturated heterocycles. The van der Waals surface area contributed by atoms with Crippen molar-refractivity contribution in [3.05, 3.63) is 24.5 Å². The Balaban J connectivity index is 2.25. The summed E-state index contributed by atoms with van der Waals surface area (Å²) in [6.45, 7) is 5.59. The lowest BCUT2D eigenvalue weighted by molar-refractivity contribution is -0.746. The van der Waals surface area contributed by atoms with Crippen molar-refractivity contribution < 1.29 is 4.68 Å². The SMILES string of the molecule is C=CC[n+]1cc2n(n1)CCCC2. The number of allylic oxidation sites excluding steroid dienone is 1. The summed E-state index contributed by atoms with van der Waals surface area (Å²) in [5, 5.41) is 4.40. The van der Waals surface area contributed by atoms with Gasteiger partial charge in [0.15, 0.2) is 11.9 Å². The molecule has 2 rings (SSSR count). The highest BCUT2D eigenvalue weighted by Gasteiger charge is 2.18. The van der Waals surface area contributed by atoms with E-state index in [1.165, 1.54) is 25.0 Å². The summed E-state index contributed by atoms with van der Waals surface area (Å²) in [6.07, 6.45) is 7.75. The Hall–Kier alpha value is -1.12. The molecule has 1 aromatic heterocycles. The summed E-state index contributed by atoms with van der Waals surface area (Å²) in [7, 11) is 0. The van der Waals surface area contributed by atoms with Gasteiger partial charge in [-0.25, -0.2) is 0 Å². The van der Waals surface area contributed by atoms with E-state index in [4.69, 9.17) is 0 Å². The Morgan fingerprint density at radius 1 is 1.67 bits per heavy atom. The normalized spacial score (nSPS) is 15.7. The Kier molecular flexibility index (Phi) is 1.94. The summed E-state index contributed by atoms with van der Waals surface area (Å²) in [4.78, 5) is 0. The summed E-state index contributed by atoms with van der Waals surface area (Å²) in [5.41, 5.74) is 1.36. The summed E-state index contributed by atoms with van der Waals surface area (Å²) in [5.74, 6) is 0. The first kappa shape index (κ1) is 7.53. The van der Waals surface area contributed by atoms with Gasteiger partial charge < -0.3 is 0 Å². The second-order valence-electron chi connectivity index (χ2n) is 3.20. The molecule has 3 nitrogen and oxygen atoms in total. The van der Waals surface area contributed by atoms with Crippen LogP contribution in [0.15, 0.2) is 18.9 Å². The third kappa shape index (κ3) is 1.26. The molecule has 0 fully saturated rings. The van der Waals surface area contributed by atoms with E-state index in [0.717, 1.165) is 13.1 Å². The van der Waals surface area contributed by atoms with Gasteiger partial charge in [-0.2, -0.15) is 0 Å². The second-order valence-corrected chi connectivity index (χ2v) is 3.20. The van der Waals surface area contributed by atoms with Gasteiger partial charge in [-0.05, 0) is 18.9 Å². The molecule has 64 valence electrons. The molecule has 0 aromatic carbocycles.